The molecule has 0 spiro atoms. The average molecular weight is 242 g/mol. The minimum Gasteiger partial charge on any atom is -0.478 e. The van der Waals surface area contributed by atoms with Gasteiger partial charge in [0.2, 0.25) is 0 Å². The molecule has 0 bridgehead atoms. The topological polar surface area (TPSA) is 84.6 Å². The number of anilines is 2. The Hall–Kier alpha value is -1.82. The standard InChI is InChI=1S/C11H15FN2O3/c1-2-17-4-3-14-10-5-7(11(15)16)9(13)6-8(10)12/h5-6,14H,2-4,13H2,1H3,(H,15,16). The van der Waals surface area contributed by atoms with Crippen molar-refractivity contribution in [1.82, 2.24) is 0 Å². The molecule has 0 fully saturated rings. The first-order valence-electron chi connectivity index (χ1n) is 5.20. The fourth-order valence-electron chi connectivity index (χ4n) is 1.31. The van der Waals surface area contributed by atoms with Crippen molar-refractivity contribution in [3.05, 3.63) is 23.5 Å². The summed E-state index contributed by atoms with van der Waals surface area (Å²) in [5, 5.41) is 11.6. The summed E-state index contributed by atoms with van der Waals surface area (Å²) in [6.07, 6.45) is 0. The Bertz CT molecular complexity index is 410. The number of carboxylic acids is 1. The highest BCUT2D eigenvalue weighted by molar-refractivity contribution is 5.94. The summed E-state index contributed by atoms with van der Waals surface area (Å²) in [7, 11) is 0. The van der Waals surface area contributed by atoms with Gasteiger partial charge >= 0.3 is 5.97 Å². The van der Waals surface area contributed by atoms with Gasteiger partial charge in [-0.1, -0.05) is 0 Å². The van der Waals surface area contributed by atoms with Crippen molar-refractivity contribution in [3.63, 3.8) is 0 Å². The van der Waals surface area contributed by atoms with E-state index < -0.39 is 11.8 Å². The molecule has 94 valence electrons. The van der Waals surface area contributed by atoms with Crippen LogP contribution in [0.1, 0.15) is 17.3 Å². The van der Waals surface area contributed by atoms with E-state index in [4.69, 9.17) is 15.6 Å². The van der Waals surface area contributed by atoms with Crippen LogP contribution in [0.2, 0.25) is 0 Å². The van der Waals surface area contributed by atoms with Gasteiger partial charge in [0.05, 0.1) is 17.9 Å². The number of carboxylic acid groups (broad SMARTS) is 1. The largest absolute Gasteiger partial charge is 0.478 e. The van der Waals surface area contributed by atoms with Gasteiger partial charge in [0, 0.05) is 18.8 Å². The Balaban J connectivity index is 2.77. The number of aromatic carboxylic acids is 1. The maximum atomic E-state index is 13.4. The van der Waals surface area contributed by atoms with Gasteiger partial charge in [0.15, 0.2) is 0 Å². The Morgan fingerprint density at radius 2 is 2.29 bits per heavy atom. The quantitative estimate of drug-likeness (QED) is 0.520. The van der Waals surface area contributed by atoms with Crippen molar-refractivity contribution in [1.29, 1.82) is 0 Å². The number of carbonyl (C=O) groups is 1. The van der Waals surface area contributed by atoms with E-state index in [0.717, 1.165) is 6.07 Å². The van der Waals surface area contributed by atoms with E-state index in [1.54, 1.807) is 0 Å². The van der Waals surface area contributed by atoms with Crippen LogP contribution in [0, 0.1) is 5.82 Å². The van der Waals surface area contributed by atoms with Crippen LogP contribution in [0.4, 0.5) is 15.8 Å². The molecule has 0 saturated heterocycles. The van der Waals surface area contributed by atoms with Crippen LogP contribution >= 0.6 is 0 Å². The molecule has 0 unspecified atom stereocenters. The summed E-state index contributed by atoms with van der Waals surface area (Å²) in [5.41, 5.74) is 5.29. The summed E-state index contributed by atoms with van der Waals surface area (Å²) in [4.78, 5) is 10.8. The highest BCUT2D eigenvalue weighted by Gasteiger charge is 2.12. The van der Waals surface area contributed by atoms with Crippen LogP contribution in [0.25, 0.3) is 0 Å². The normalized spacial score (nSPS) is 10.2. The van der Waals surface area contributed by atoms with Gasteiger partial charge in [-0.05, 0) is 19.1 Å². The molecule has 0 amide bonds. The highest BCUT2D eigenvalue weighted by Crippen LogP contribution is 2.22. The Kier molecular flexibility index (Phi) is 4.71. The van der Waals surface area contributed by atoms with Crippen LogP contribution in [-0.2, 0) is 4.74 Å². The van der Waals surface area contributed by atoms with Crippen molar-refractivity contribution in [2.75, 3.05) is 30.8 Å². The van der Waals surface area contributed by atoms with Gasteiger partial charge in [-0.25, -0.2) is 9.18 Å². The predicted octanol–water partition coefficient (Wildman–Crippen LogP) is 1.55. The smallest absolute Gasteiger partial charge is 0.337 e. The monoisotopic (exact) mass is 242 g/mol. The van der Waals surface area contributed by atoms with Crippen LogP contribution in [-0.4, -0.2) is 30.8 Å². The molecule has 0 radical (unpaired) electrons. The third kappa shape index (κ3) is 3.60. The number of nitrogens with one attached hydrogen (secondary N) is 1. The van der Waals surface area contributed by atoms with Crippen molar-refractivity contribution in [3.8, 4) is 0 Å². The molecular weight excluding hydrogens is 227 g/mol. The maximum absolute atomic E-state index is 13.4. The van der Waals surface area contributed by atoms with Gasteiger partial charge in [0.1, 0.15) is 5.82 Å². The van der Waals surface area contributed by atoms with Gasteiger partial charge in [0.25, 0.3) is 0 Å². The van der Waals surface area contributed by atoms with Crippen molar-refractivity contribution in [2.24, 2.45) is 0 Å². The first-order chi connectivity index (χ1) is 8.06. The third-order valence-corrected chi connectivity index (χ3v) is 2.14. The number of nitrogens with two attached hydrogens (primary N) is 1. The molecule has 0 aliphatic heterocycles. The van der Waals surface area contributed by atoms with Gasteiger partial charge in [-0.3, -0.25) is 0 Å². The van der Waals surface area contributed by atoms with Crippen molar-refractivity contribution in [2.45, 2.75) is 6.92 Å². The molecule has 0 aromatic heterocycles. The molecule has 0 heterocycles. The lowest BCUT2D eigenvalue weighted by Crippen LogP contribution is -2.12. The van der Waals surface area contributed by atoms with Crippen LogP contribution in [0.5, 0.6) is 0 Å². The lowest BCUT2D eigenvalue weighted by molar-refractivity contribution is 0.0698. The number of ether oxygens (including phenoxy) is 1. The SMILES string of the molecule is CCOCCNc1cc(C(=O)O)c(N)cc1F. The van der Waals surface area contributed by atoms with E-state index in [2.05, 4.69) is 5.32 Å². The van der Waals surface area contributed by atoms with E-state index in [9.17, 15) is 9.18 Å². The highest BCUT2D eigenvalue weighted by atomic mass is 19.1. The predicted molar refractivity (Wildman–Crippen MR) is 62.8 cm³/mol. The summed E-state index contributed by atoms with van der Waals surface area (Å²) < 4.78 is 18.5. The molecule has 0 saturated carbocycles. The molecule has 1 rings (SSSR count). The van der Waals surface area contributed by atoms with E-state index in [0.29, 0.717) is 19.8 Å². The van der Waals surface area contributed by atoms with Gasteiger partial charge in [-0.15, -0.1) is 0 Å². The summed E-state index contributed by atoms with van der Waals surface area (Å²) in [5.74, 6) is -1.76. The summed E-state index contributed by atoms with van der Waals surface area (Å²) in [6, 6.07) is 2.17. The Labute approximate surface area is 98.4 Å². The third-order valence-electron chi connectivity index (χ3n) is 2.14. The molecule has 0 aliphatic rings. The first kappa shape index (κ1) is 13.2. The second kappa shape index (κ2) is 6.05. The number of benzene rings is 1. The fraction of sp³-hybridized carbons (Fsp3) is 0.364. The maximum Gasteiger partial charge on any atom is 0.337 e. The van der Waals surface area contributed by atoms with E-state index in [1.807, 2.05) is 6.92 Å². The Morgan fingerprint density at radius 1 is 1.59 bits per heavy atom. The minimum atomic E-state index is -1.18. The second-order valence-corrected chi connectivity index (χ2v) is 3.35. The Morgan fingerprint density at radius 3 is 2.88 bits per heavy atom. The number of nitrogen functional groups attached to an aromatic ring is 1. The lowest BCUT2D eigenvalue weighted by atomic mass is 10.1. The molecule has 1 aromatic rings. The molecule has 4 N–H and O–H groups in total. The second-order valence-electron chi connectivity index (χ2n) is 3.35. The van der Waals surface area contributed by atoms with Crippen LogP contribution in [0.3, 0.4) is 0 Å². The lowest BCUT2D eigenvalue weighted by Gasteiger charge is -2.10. The number of hydrogen-bond donors (Lipinski definition) is 3. The van der Waals surface area contributed by atoms with Crippen LogP contribution < -0.4 is 11.1 Å². The molecule has 5 nitrogen and oxygen atoms in total. The van der Waals surface area contributed by atoms with E-state index in [1.165, 1.54) is 6.07 Å². The first-order valence-corrected chi connectivity index (χ1v) is 5.20. The summed E-state index contributed by atoms with van der Waals surface area (Å²) >= 11 is 0. The summed E-state index contributed by atoms with van der Waals surface area (Å²) in [6.45, 7) is 3.25. The van der Waals surface area contributed by atoms with Crippen molar-refractivity contribution >= 4 is 17.3 Å². The van der Waals surface area contributed by atoms with Gasteiger partial charge < -0.3 is 20.9 Å². The van der Waals surface area contributed by atoms with Crippen LogP contribution in [0.15, 0.2) is 12.1 Å². The van der Waals surface area contributed by atoms with Gasteiger partial charge in [-0.2, -0.15) is 0 Å². The fourth-order valence-corrected chi connectivity index (χ4v) is 1.31. The average Bonchev–Trinajstić information content (AvgIpc) is 2.26. The number of rotatable bonds is 6. The number of halogens is 1. The molecule has 1 aromatic carbocycles. The molecule has 0 aliphatic carbocycles. The van der Waals surface area contributed by atoms with E-state index >= 15 is 0 Å². The zero-order valence-electron chi connectivity index (χ0n) is 9.50. The minimum absolute atomic E-state index is 0.0923. The van der Waals surface area contributed by atoms with Crippen molar-refractivity contribution < 1.29 is 19.0 Å². The zero-order chi connectivity index (χ0) is 12.8. The molecular formula is C11H15FN2O3. The van der Waals surface area contributed by atoms with E-state index in [-0.39, 0.29) is 16.9 Å². The molecule has 17 heavy (non-hydrogen) atoms. The molecule has 6 heteroatoms. The zero-order valence-corrected chi connectivity index (χ0v) is 9.50. The molecule has 0 atom stereocenters. The number of hydrogen-bond acceptors (Lipinski definition) is 4.